The van der Waals surface area contributed by atoms with E-state index in [1.807, 2.05) is 42.5 Å². The molecule has 0 radical (unpaired) electrons. The van der Waals surface area contributed by atoms with E-state index in [9.17, 15) is 4.39 Å². The quantitative estimate of drug-likeness (QED) is 0.436. The molecular weight excluding hydrogens is 399 g/mol. The molecule has 1 aliphatic rings. The van der Waals surface area contributed by atoms with Gasteiger partial charge in [-0.2, -0.15) is 5.26 Å². The number of halogens is 1. The van der Waals surface area contributed by atoms with Crippen molar-refractivity contribution >= 4 is 12.2 Å². The van der Waals surface area contributed by atoms with Crippen molar-refractivity contribution in [3.05, 3.63) is 106 Å². The maximum absolute atomic E-state index is 13.6. The van der Waals surface area contributed by atoms with Crippen molar-refractivity contribution in [2.75, 3.05) is 20.6 Å². The molecule has 0 aliphatic carbocycles. The second-order valence-electron chi connectivity index (χ2n) is 8.51. The van der Waals surface area contributed by atoms with Crippen molar-refractivity contribution in [3.63, 3.8) is 0 Å². The van der Waals surface area contributed by atoms with Crippen molar-refractivity contribution < 1.29 is 9.13 Å². The third kappa shape index (κ3) is 4.65. The molecule has 4 heteroatoms. The van der Waals surface area contributed by atoms with Gasteiger partial charge in [0.2, 0.25) is 0 Å². The van der Waals surface area contributed by atoms with Gasteiger partial charge in [-0.1, -0.05) is 48.6 Å². The average Bonchev–Trinajstić information content (AvgIpc) is 3.17. The summed E-state index contributed by atoms with van der Waals surface area (Å²) >= 11 is 0. The van der Waals surface area contributed by atoms with Gasteiger partial charge in [0.25, 0.3) is 0 Å². The van der Waals surface area contributed by atoms with Gasteiger partial charge in [0.15, 0.2) is 0 Å². The Morgan fingerprint density at radius 3 is 2.38 bits per heavy atom. The van der Waals surface area contributed by atoms with Gasteiger partial charge in [0.1, 0.15) is 11.4 Å². The molecule has 0 unspecified atom stereocenters. The monoisotopic (exact) mass is 426 g/mol. The number of nitrogens with zero attached hydrogens (tertiary/aromatic N) is 2. The fourth-order valence-corrected chi connectivity index (χ4v) is 4.32. The van der Waals surface area contributed by atoms with Gasteiger partial charge >= 0.3 is 0 Å². The molecule has 3 nitrogen and oxygen atoms in total. The van der Waals surface area contributed by atoms with E-state index in [2.05, 4.69) is 49.3 Å². The molecule has 1 aliphatic heterocycles. The molecule has 0 bridgehead atoms. The lowest BCUT2D eigenvalue weighted by molar-refractivity contribution is -0.0140. The molecule has 3 aromatic rings. The molecule has 0 aromatic heterocycles. The lowest BCUT2D eigenvalue weighted by Gasteiger charge is -2.31. The van der Waals surface area contributed by atoms with E-state index in [1.54, 1.807) is 0 Å². The van der Waals surface area contributed by atoms with Crippen LogP contribution in [0.5, 0.6) is 0 Å². The Hall–Kier alpha value is -3.26. The van der Waals surface area contributed by atoms with Crippen molar-refractivity contribution in [1.29, 1.82) is 5.26 Å². The van der Waals surface area contributed by atoms with Crippen LogP contribution in [-0.4, -0.2) is 25.5 Å². The first-order valence-electron chi connectivity index (χ1n) is 10.9. The van der Waals surface area contributed by atoms with E-state index >= 15 is 0 Å². The first-order chi connectivity index (χ1) is 15.5. The van der Waals surface area contributed by atoms with E-state index in [4.69, 9.17) is 10.00 Å². The van der Waals surface area contributed by atoms with Gasteiger partial charge < -0.3 is 9.64 Å². The number of ether oxygens (including phenoxy) is 1. The maximum Gasteiger partial charge on any atom is 0.123 e. The van der Waals surface area contributed by atoms with Crippen molar-refractivity contribution in [2.24, 2.45) is 0 Å². The van der Waals surface area contributed by atoms with Crippen LogP contribution in [0.2, 0.25) is 0 Å². The van der Waals surface area contributed by atoms with Gasteiger partial charge in [-0.3, -0.25) is 0 Å². The SMILES string of the molecule is CN(C)CCC[C@]1(c2ccc(F)cc2)OCc2cc(/C=C/c3ccc(C#N)cc3)ccc21. The Morgan fingerprint density at radius 2 is 1.69 bits per heavy atom. The number of hydrogen-bond donors (Lipinski definition) is 0. The molecule has 0 N–H and O–H groups in total. The molecule has 1 atom stereocenters. The molecule has 0 saturated carbocycles. The molecule has 1 heterocycles. The van der Waals surface area contributed by atoms with Crippen LogP contribution in [0, 0.1) is 17.1 Å². The van der Waals surface area contributed by atoms with Crippen molar-refractivity contribution in [2.45, 2.75) is 25.0 Å². The Bertz CT molecular complexity index is 1140. The second kappa shape index (κ2) is 9.48. The van der Waals surface area contributed by atoms with E-state index in [0.29, 0.717) is 12.2 Å². The van der Waals surface area contributed by atoms with Crippen LogP contribution >= 0.6 is 0 Å². The minimum absolute atomic E-state index is 0.237. The Balaban J connectivity index is 1.62. The highest BCUT2D eigenvalue weighted by Crippen LogP contribution is 2.45. The zero-order chi connectivity index (χ0) is 22.6. The largest absolute Gasteiger partial charge is 0.361 e. The zero-order valence-corrected chi connectivity index (χ0v) is 18.5. The van der Waals surface area contributed by atoms with Crippen LogP contribution in [0.15, 0.2) is 66.7 Å². The minimum Gasteiger partial charge on any atom is -0.361 e. The summed E-state index contributed by atoms with van der Waals surface area (Å²) in [7, 11) is 4.14. The second-order valence-corrected chi connectivity index (χ2v) is 8.51. The van der Waals surface area contributed by atoms with Gasteiger partial charge in [0.05, 0.1) is 18.2 Å². The lowest BCUT2D eigenvalue weighted by atomic mass is 9.81. The standard InChI is InChI=1S/C28H27FN2O/c1-31(2)17-3-16-28(25-11-13-26(29)14-12-25)27-15-10-22(18-24(27)20-32-28)7-4-21-5-8-23(19-30)9-6-21/h4-15,18H,3,16-17,20H2,1-2H3/b7-4+/t28-/m1/s1. The highest BCUT2D eigenvalue weighted by Gasteiger charge is 2.41. The molecule has 4 rings (SSSR count). The molecular formula is C28H27FN2O. The zero-order valence-electron chi connectivity index (χ0n) is 18.5. The summed E-state index contributed by atoms with van der Waals surface area (Å²) in [6, 6.07) is 22.8. The van der Waals surface area contributed by atoms with E-state index in [0.717, 1.165) is 36.1 Å². The van der Waals surface area contributed by atoms with Crippen molar-refractivity contribution in [1.82, 2.24) is 4.90 Å². The first-order valence-corrected chi connectivity index (χ1v) is 10.9. The first kappa shape index (κ1) is 22.0. The lowest BCUT2D eigenvalue weighted by Crippen LogP contribution is -2.28. The fourth-order valence-electron chi connectivity index (χ4n) is 4.32. The molecule has 0 fully saturated rings. The van der Waals surface area contributed by atoms with E-state index in [-0.39, 0.29) is 5.82 Å². The number of nitriles is 1. The van der Waals surface area contributed by atoms with Crippen molar-refractivity contribution in [3.8, 4) is 6.07 Å². The van der Waals surface area contributed by atoms with Crippen LogP contribution in [0.25, 0.3) is 12.2 Å². The normalized spacial score (nSPS) is 17.6. The third-order valence-electron chi connectivity index (χ3n) is 5.99. The number of benzene rings is 3. The molecule has 0 spiro atoms. The molecule has 162 valence electrons. The molecule has 32 heavy (non-hydrogen) atoms. The predicted molar refractivity (Wildman–Crippen MR) is 126 cm³/mol. The smallest absolute Gasteiger partial charge is 0.123 e. The summed E-state index contributed by atoms with van der Waals surface area (Å²) in [6.45, 7) is 1.50. The van der Waals surface area contributed by atoms with Crippen LogP contribution < -0.4 is 0 Å². The highest BCUT2D eigenvalue weighted by molar-refractivity contribution is 5.70. The van der Waals surface area contributed by atoms with Gasteiger partial charge in [-0.25, -0.2) is 4.39 Å². The van der Waals surface area contributed by atoms with Crippen LogP contribution in [0.3, 0.4) is 0 Å². The average molecular weight is 427 g/mol. The van der Waals surface area contributed by atoms with Crippen LogP contribution in [0.4, 0.5) is 4.39 Å². The molecule has 3 aromatic carbocycles. The minimum atomic E-state index is -0.547. The summed E-state index contributed by atoms with van der Waals surface area (Å²) in [5.41, 5.74) is 5.58. The third-order valence-corrected chi connectivity index (χ3v) is 5.99. The predicted octanol–water partition coefficient (Wildman–Crippen LogP) is 5.98. The number of fused-ring (bicyclic) bond motifs is 1. The maximum atomic E-state index is 13.6. The van der Waals surface area contributed by atoms with Gasteiger partial charge in [-0.05, 0) is 91.6 Å². The fraction of sp³-hybridized carbons (Fsp3) is 0.250. The number of rotatable bonds is 7. The highest BCUT2D eigenvalue weighted by atomic mass is 19.1. The topological polar surface area (TPSA) is 36.3 Å². The van der Waals surface area contributed by atoms with E-state index < -0.39 is 5.60 Å². The van der Waals surface area contributed by atoms with Crippen LogP contribution in [-0.2, 0) is 16.9 Å². The number of hydrogen-bond acceptors (Lipinski definition) is 3. The van der Waals surface area contributed by atoms with Gasteiger partial charge in [0, 0.05) is 0 Å². The summed E-state index contributed by atoms with van der Waals surface area (Å²) < 4.78 is 20.1. The molecule has 0 amide bonds. The molecule has 0 saturated heterocycles. The Kier molecular flexibility index (Phi) is 6.50. The summed E-state index contributed by atoms with van der Waals surface area (Å²) in [5.74, 6) is -0.237. The summed E-state index contributed by atoms with van der Waals surface area (Å²) in [4.78, 5) is 2.17. The Labute approximate surface area is 189 Å². The summed E-state index contributed by atoms with van der Waals surface area (Å²) in [5, 5.41) is 8.94. The van der Waals surface area contributed by atoms with E-state index in [1.165, 1.54) is 23.3 Å². The Morgan fingerprint density at radius 1 is 1.00 bits per heavy atom. The van der Waals surface area contributed by atoms with Crippen LogP contribution in [0.1, 0.15) is 46.2 Å². The summed E-state index contributed by atoms with van der Waals surface area (Å²) in [6.07, 6.45) is 5.93. The van der Waals surface area contributed by atoms with Gasteiger partial charge in [-0.15, -0.1) is 0 Å².